The third kappa shape index (κ3) is 3.62. The van der Waals surface area contributed by atoms with Gasteiger partial charge in [0.05, 0.1) is 12.7 Å². The van der Waals surface area contributed by atoms with E-state index in [0.717, 1.165) is 13.0 Å². The fourth-order valence-electron chi connectivity index (χ4n) is 3.74. The van der Waals surface area contributed by atoms with Crippen molar-refractivity contribution in [3.63, 3.8) is 0 Å². The third-order valence-electron chi connectivity index (χ3n) is 4.84. The summed E-state index contributed by atoms with van der Waals surface area (Å²) in [6.07, 6.45) is 9.63. The molecule has 0 N–H and O–H groups in total. The van der Waals surface area contributed by atoms with Crippen LogP contribution in [0.4, 0.5) is 0 Å². The highest BCUT2D eigenvalue weighted by Gasteiger charge is 2.31. The first kappa shape index (κ1) is 14.1. The zero-order chi connectivity index (χ0) is 13.6. The van der Waals surface area contributed by atoms with Gasteiger partial charge < -0.3 is 4.74 Å². The van der Waals surface area contributed by atoms with Crippen molar-refractivity contribution in [3.05, 3.63) is 35.9 Å². The van der Waals surface area contributed by atoms with Crippen LogP contribution in [0.1, 0.15) is 44.1 Å². The molecular formula is C18H27NO. The average molecular weight is 273 g/mol. The molecule has 0 aromatic heterocycles. The van der Waals surface area contributed by atoms with Crippen LogP contribution in [-0.4, -0.2) is 36.7 Å². The minimum absolute atomic E-state index is 0.477. The van der Waals surface area contributed by atoms with E-state index >= 15 is 0 Å². The van der Waals surface area contributed by atoms with Gasteiger partial charge in [0.1, 0.15) is 0 Å². The Bertz CT molecular complexity index is 386. The largest absolute Gasteiger partial charge is 0.376 e. The maximum absolute atomic E-state index is 6.27. The zero-order valence-electron chi connectivity index (χ0n) is 12.5. The first-order valence-corrected chi connectivity index (χ1v) is 8.33. The van der Waals surface area contributed by atoms with E-state index in [1.807, 2.05) is 0 Å². The van der Waals surface area contributed by atoms with Crippen LogP contribution in [0.15, 0.2) is 30.3 Å². The van der Waals surface area contributed by atoms with Crippen molar-refractivity contribution in [3.8, 4) is 0 Å². The highest BCUT2D eigenvalue weighted by atomic mass is 16.5. The quantitative estimate of drug-likeness (QED) is 0.812. The van der Waals surface area contributed by atoms with E-state index < -0.39 is 0 Å². The lowest BCUT2D eigenvalue weighted by molar-refractivity contribution is -0.0290. The number of nitrogens with zero attached hydrogens (tertiary/aromatic N) is 1. The van der Waals surface area contributed by atoms with Gasteiger partial charge in [-0.3, -0.25) is 4.90 Å². The van der Waals surface area contributed by atoms with Crippen molar-refractivity contribution in [2.75, 3.05) is 19.7 Å². The molecule has 1 heterocycles. The van der Waals surface area contributed by atoms with E-state index in [1.165, 1.54) is 57.2 Å². The van der Waals surface area contributed by atoms with Crippen molar-refractivity contribution in [1.29, 1.82) is 0 Å². The Morgan fingerprint density at radius 1 is 0.950 bits per heavy atom. The molecule has 2 heteroatoms. The van der Waals surface area contributed by atoms with Gasteiger partial charge in [0.25, 0.3) is 0 Å². The van der Waals surface area contributed by atoms with Gasteiger partial charge in [0.2, 0.25) is 0 Å². The van der Waals surface area contributed by atoms with Crippen molar-refractivity contribution >= 4 is 0 Å². The minimum Gasteiger partial charge on any atom is -0.376 e. The second kappa shape index (κ2) is 7.24. The predicted octanol–water partition coefficient (Wildman–Crippen LogP) is 3.65. The SMILES string of the molecule is c1ccc(CCO[C@@H]2CCCC[C@@H]2N2CCCC2)cc1. The summed E-state index contributed by atoms with van der Waals surface area (Å²) < 4.78 is 6.27. The predicted molar refractivity (Wildman–Crippen MR) is 82.9 cm³/mol. The molecule has 1 aliphatic heterocycles. The van der Waals surface area contributed by atoms with Crippen LogP contribution in [0.25, 0.3) is 0 Å². The molecule has 1 aliphatic carbocycles. The summed E-state index contributed by atoms with van der Waals surface area (Å²) in [5.74, 6) is 0. The van der Waals surface area contributed by atoms with Crippen LogP contribution in [0.5, 0.6) is 0 Å². The maximum Gasteiger partial charge on any atom is 0.0730 e. The molecule has 3 rings (SSSR count). The van der Waals surface area contributed by atoms with Gasteiger partial charge in [0, 0.05) is 6.04 Å². The summed E-state index contributed by atoms with van der Waals surface area (Å²) in [5, 5.41) is 0. The average Bonchev–Trinajstić information content (AvgIpc) is 3.03. The lowest BCUT2D eigenvalue weighted by Gasteiger charge is -2.37. The van der Waals surface area contributed by atoms with Gasteiger partial charge in [-0.15, -0.1) is 0 Å². The summed E-state index contributed by atoms with van der Waals surface area (Å²) in [7, 11) is 0. The van der Waals surface area contributed by atoms with Gasteiger partial charge in [-0.2, -0.15) is 0 Å². The molecule has 2 nitrogen and oxygen atoms in total. The molecular weight excluding hydrogens is 246 g/mol. The molecule has 2 aliphatic rings. The van der Waals surface area contributed by atoms with Gasteiger partial charge in [-0.1, -0.05) is 43.2 Å². The molecule has 1 aromatic carbocycles. The summed E-state index contributed by atoms with van der Waals surface area (Å²) in [6.45, 7) is 3.46. The summed E-state index contributed by atoms with van der Waals surface area (Å²) >= 11 is 0. The van der Waals surface area contributed by atoms with E-state index in [9.17, 15) is 0 Å². The Morgan fingerprint density at radius 3 is 2.50 bits per heavy atom. The Labute approximate surface area is 123 Å². The molecule has 0 spiro atoms. The van der Waals surface area contributed by atoms with Crippen molar-refractivity contribution in [1.82, 2.24) is 4.90 Å². The Balaban J connectivity index is 1.49. The Morgan fingerprint density at radius 2 is 1.70 bits per heavy atom. The van der Waals surface area contributed by atoms with Crippen molar-refractivity contribution in [2.24, 2.45) is 0 Å². The smallest absolute Gasteiger partial charge is 0.0730 e. The van der Waals surface area contributed by atoms with Gasteiger partial charge >= 0.3 is 0 Å². The van der Waals surface area contributed by atoms with Crippen LogP contribution < -0.4 is 0 Å². The monoisotopic (exact) mass is 273 g/mol. The molecule has 1 saturated heterocycles. The van der Waals surface area contributed by atoms with Crippen LogP contribution in [0, 0.1) is 0 Å². The van der Waals surface area contributed by atoms with Gasteiger partial charge in [0.15, 0.2) is 0 Å². The number of hydrogen-bond acceptors (Lipinski definition) is 2. The molecule has 0 unspecified atom stereocenters. The van der Waals surface area contributed by atoms with Crippen LogP contribution in [-0.2, 0) is 11.2 Å². The molecule has 0 bridgehead atoms. The standard InChI is InChI=1S/C18H27NO/c1-2-8-16(9-3-1)12-15-20-18-11-5-4-10-17(18)19-13-6-7-14-19/h1-3,8-9,17-18H,4-7,10-15H2/t17-,18+/m0/s1. The molecule has 110 valence electrons. The van der Waals surface area contributed by atoms with Crippen LogP contribution >= 0.6 is 0 Å². The first-order valence-electron chi connectivity index (χ1n) is 8.33. The zero-order valence-corrected chi connectivity index (χ0v) is 12.5. The van der Waals surface area contributed by atoms with Crippen molar-refractivity contribution < 1.29 is 4.74 Å². The molecule has 1 saturated carbocycles. The normalized spacial score (nSPS) is 27.8. The van der Waals surface area contributed by atoms with E-state index in [4.69, 9.17) is 4.74 Å². The summed E-state index contributed by atoms with van der Waals surface area (Å²) in [6, 6.07) is 11.4. The first-order chi connectivity index (χ1) is 9.93. The summed E-state index contributed by atoms with van der Waals surface area (Å²) in [4.78, 5) is 2.69. The van der Waals surface area contributed by atoms with E-state index in [2.05, 4.69) is 35.2 Å². The number of ether oxygens (including phenoxy) is 1. The van der Waals surface area contributed by atoms with Gasteiger partial charge in [-0.05, 0) is 50.8 Å². The Kier molecular flexibility index (Phi) is 5.10. The topological polar surface area (TPSA) is 12.5 Å². The second-order valence-corrected chi connectivity index (χ2v) is 6.24. The number of hydrogen-bond donors (Lipinski definition) is 0. The van der Waals surface area contributed by atoms with E-state index in [-0.39, 0.29) is 0 Å². The Hall–Kier alpha value is -0.860. The lowest BCUT2D eigenvalue weighted by Crippen LogP contribution is -2.45. The second-order valence-electron chi connectivity index (χ2n) is 6.24. The molecule has 2 fully saturated rings. The summed E-state index contributed by atoms with van der Waals surface area (Å²) in [5.41, 5.74) is 1.39. The van der Waals surface area contributed by atoms with Crippen LogP contribution in [0.3, 0.4) is 0 Å². The van der Waals surface area contributed by atoms with Crippen LogP contribution in [0.2, 0.25) is 0 Å². The fraction of sp³-hybridized carbons (Fsp3) is 0.667. The lowest BCUT2D eigenvalue weighted by atomic mass is 9.91. The molecule has 0 amide bonds. The molecule has 2 atom stereocenters. The highest BCUT2D eigenvalue weighted by Crippen LogP contribution is 2.28. The van der Waals surface area contributed by atoms with E-state index in [0.29, 0.717) is 12.1 Å². The van der Waals surface area contributed by atoms with Gasteiger partial charge in [-0.25, -0.2) is 0 Å². The number of benzene rings is 1. The minimum atomic E-state index is 0.477. The van der Waals surface area contributed by atoms with E-state index in [1.54, 1.807) is 0 Å². The fourth-order valence-corrected chi connectivity index (χ4v) is 3.74. The third-order valence-corrected chi connectivity index (χ3v) is 4.84. The van der Waals surface area contributed by atoms with Crippen molar-refractivity contribution in [2.45, 2.75) is 57.1 Å². The maximum atomic E-state index is 6.27. The molecule has 1 aromatic rings. The molecule has 0 radical (unpaired) electrons. The highest BCUT2D eigenvalue weighted by molar-refractivity contribution is 5.14. The number of likely N-dealkylation sites (tertiary alicyclic amines) is 1. The number of rotatable bonds is 5. The molecule has 20 heavy (non-hydrogen) atoms.